The molecule has 0 spiro atoms. The molecule has 13 heteroatoms. The first-order chi connectivity index (χ1) is 14.9. The lowest BCUT2D eigenvalue weighted by atomic mass is 10.2. The molecule has 0 aliphatic carbocycles. The first-order valence-electron chi connectivity index (χ1n) is 10.1. The second-order valence-corrected chi connectivity index (χ2v) is 6.38. The molecule has 31 heavy (non-hydrogen) atoms. The van der Waals surface area contributed by atoms with Gasteiger partial charge in [-0.1, -0.05) is 19.8 Å². The second kappa shape index (κ2) is 18.9. The fraction of sp³-hybridized carbons (Fsp3) is 0.778. The van der Waals surface area contributed by atoms with E-state index in [0.29, 0.717) is 19.3 Å². The number of unbranched alkanes of at least 4 members (excludes halogenated alkanes) is 3. The predicted octanol–water partition coefficient (Wildman–Crippen LogP) is 1.46. The molecule has 1 unspecified atom stereocenters. The van der Waals surface area contributed by atoms with Gasteiger partial charge < -0.3 is 24.8 Å². The van der Waals surface area contributed by atoms with Crippen molar-refractivity contribution in [2.45, 2.75) is 64.5 Å². The van der Waals surface area contributed by atoms with Crippen molar-refractivity contribution in [1.29, 1.82) is 0 Å². The molecule has 178 valence electrons. The van der Waals surface area contributed by atoms with E-state index in [1.165, 1.54) is 0 Å². The molecule has 0 aliphatic heterocycles. The smallest absolute Gasteiger partial charge is 0.409 e. The highest BCUT2D eigenvalue weighted by Gasteiger charge is 2.13. The summed E-state index contributed by atoms with van der Waals surface area (Å²) in [7, 11) is 0. The molecule has 0 radical (unpaired) electrons. The van der Waals surface area contributed by atoms with Crippen LogP contribution in [0.25, 0.3) is 0 Å². The maximum absolute atomic E-state index is 11.7. The number of hydrogen-bond acceptors (Lipinski definition) is 10. The number of alkyl carbamates (subject to hydrolysis) is 1. The molecular formula is C18H32N4O9. The number of ether oxygens (including phenoxy) is 3. The Balaban J connectivity index is 4.00. The molecule has 1 atom stereocenters. The molecule has 0 aliphatic rings. The Hall–Kier alpha value is -3.12. The summed E-state index contributed by atoms with van der Waals surface area (Å²) in [6.07, 6.45) is 2.52. The number of nitrogens with one attached hydrogen (secondary N) is 1. The van der Waals surface area contributed by atoms with Crippen LogP contribution in [0.1, 0.15) is 58.3 Å². The van der Waals surface area contributed by atoms with E-state index in [1.54, 1.807) is 0 Å². The van der Waals surface area contributed by atoms with Gasteiger partial charge in [-0.05, 0) is 25.7 Å². The van der Waals surface area contributed by atoms with Gasteiger partial charge in [0, 0.05) is 13.0 Å². The van der Waals surface area contributed by atoms with E-state index < -0.39 is 23.4 Å². The number of carbonyl (C=O) groups excluding carboxylic acids is 3. The lowest BCUT2D eigenvalue weighted by Crippen LogP contribution is -2.37. The number of esters is 1. The number of rotatable bonds is 19. The lowest BCUT2D eigenvalue weighted by molar-refractivity contribution is -0.757. The third kappa shape index (κ3) is 18.6. The molecule has 13 nitrogen and oxygen atoms in total. The van der Waals surface area contributed by atoms with Gasteiger partial charge in [0.05, 0.1) is 19.8 Å². The van der Waals surface area contributed by atoms with Gasteiger partial charge in [0.1, 0.15) is 12.3 Å². The number of amidine groups is 1. The van der Waals surface area contributed by atoms with Crippen LogP contribution in [-0.2, 0) is 28.6 Å². The van der Waals surface area contributed by atoms with Crippen LogP contribution in [0.4, 0.5) is 4.79 Å². The minimum Gasteiger partial charge on any atom is -0.465 e. The molecule has 0 aromatic rings. The Labute approximate surface area is 180 Å². The van der Waals surface area contributed by atoms with E-state index in [0.717, 1.165) is 19.3 Å². The molecule has 0 saturated carbocycles. The van der Waals surface area contributed by atoms with E-state index in [9.17, 15) is 24.5 Å². The SMILES string of the molecule is CCCCCOC(=O)NC(CCCN=C(N)CC(=O)OCCCCO[N+](=O)[O-])OC=O. The summed E-state index contributed by atoms with van der Waals surface area (Å²) in [6.45, 7) is 2.85. The van der Waals surface area contributed by atoms with E-state index in [1.807, 2.05) is 6.92 Å². The van der Waals surface area contributed by atoms with Crippen molar-refractivity contribution in [3.05, 3.63) is 10.1 Å². The van der Waals surface area contributed by atoms with Crippen LogP contribution in [0.15, 0.2) is 4.99 Å². The van der Waals surface area contributed by atoms with Crippen molar-refractivity contribution in [2.24, 2.45) is 10.7 Å². The number of nitrogens with two attached hydrogens (primary N) is 1. The van der Waals surface area contributed by atoms with Crippen LogP contribution in [0.5, 0.6) is 0 Å². The summed E-state index contributed by atoms with van der Waals surface area (Å²) in [4.78, 5) is 52.0. The predicted molar refractivity (Wildman–Crippen MR) is 108 cm³/mol. The zero-order valence-corrected chi connectivity index (χ0v) is 17.8. The van der Waals surface area contributed by atoms with Crippen LogP contribution in [-0.4, -0.2) is 62.1 Å². The van der Waals surface area contributed by atoms with Crippen molar-refractivity contribution in [2.75, 3.05) is 26.4 Å². The molecule has 0 bridgehead atoms. The number of carbonyl (C=O) groups is 3. The van der Waals surface area contributed by atoms with Gasteiger partial charge in [-0.25, -0.2) is 4.79 Å². The second-order valence-electron chi connectivity index (χ2n) is 6.38. The highest BCUT2D eigenvalue weighted by atomic mass is 16.9. The molecular weight excluding hydrogens is 416 g/mol. The zero-order valence-electron chi connectivity index (χ0n) is 17.8. The average molecular weight is 448 g/mol. The van der Waals surface area contributed by atoms with Gasteiger partial charge in [-0.2, -0.15) is 0 Å². The summed E-state index contributed by atoms with van der Waals surface area (Å²) in [6, 6.07) is 0. The maximum Gasteiger partial charge on any atom is 0.409 e. The normalized spacial score (nSPS) is 11.8. The van der Waals surface area contributed by atoms with Gasteiger partial charge in [-0.15, -0.1) is 10.1 Å². The Morgan fingerprint density at radius 2 is 1.81 bits per heavy atom. The maximum atomic E-state index is 11.7. The Morgan fingerprint density at radius 3 is 2.48 bits per heavy atom. The van der Waals surface area contributed by atoms with E-state index >= 15 is 0 Å². The molecule has 0 saturated heterocycles. The molecule has 0 aromatic heterocycles. The van der Waals surface area contributed by atoms with E-state index in [2.05, 4.69) is 15.1 Å². The van der Waals surface area contributed by atoms with Gasteiger partial charge in [0.25, 0.3) is 11.6 Å². The highest BCUT2D eigenvalue weighted by Crippen LogP contribution is 2.01. The number of amides is 1. The van der Waals surface area contributed by atoms with E-state index in [-0.39, 0.29) is 51.5 Å². The number of nitrogens with zero attached hydrogens (tertiary/aromatic N) is 2. The summed E-state index contributed by atoms with van der Waals surface area (Å²) < 4.78 is 14.7. The largest absolute Gasteiger partial charge is 0.465 e. The minimum atomic E-state index is -0.882. The topological polar surface area (TPSA) is 182 Å². The van der Waals surface area contributed by atoms with Gasteiger partial charge >= 0.3 is 12.1 Å². The number of hydrogen-bond donors (Lipinski definition) is 2. The number of aliphatic imine (C=N–C) groups is 1. The van der Waals surface area contributed by atoms with Crippen molar-refractivity contribution >= 4 is 24.4 Å². The third-order valence-electron chi connectivity index (χ3n) is 3.74. The van der Waals surface area contributed by atoms with Crippen LogP contribution in [0, 0.1) is 10.1 Å². The van der Waals surface area contributed by atoms with Crippen molar-refractivity contribution < 1.29 is 38.5 Å². The summed E-state index contributed by atoms with van der Waals surface area (Å²) in [5.74, 6) is -0.482. The van der Waals surface area contributed by atoms with Gasteiger partial charge in [0.2, 0.25) is 0 Å². The first kappa shape index (κ1) is 27.9. The standard InChI is InChI=1S/C18H32N4O9/c1-2-3-4-11-29-18(25)21-16(30-14-23)8-7-9-20-15(19)13-17(24)28-10-5-6-12-31-22(26)27/h14,16H,2-13H2,1H3,(H2,19,20)(H,21,25). The van der Waals surface area contributed by atoms with Gasteiger partial charge in [-0.3, -0.25) is 19.9 Å². The van der Waals surface area contributed by atoms with Crippen LogP contribution in [0.3, 0.4) is 0 Å². The summed E-state index contributed by atoms with van der Waals surface area (Å²) >= 11 is 0. The Kier molecular flexibility index (Phi) is 17.0. The molecule has 0 heterocycles. The van der Waals surface area contributed by atoms with Gasteiger partial charge in [0.15, 0.2) is 6.23 Å². The van der Waals surface area contributed by atoms with Crippen LogP contribution in [0.2, 0.25) is 0 Å². The summed E-state index contributed by atoms with van der Waals surface area (Å²) in [5, 5.41) is 11.5. The molecule has 3 N–H and O–H groups in total. The Morgan fingerprint density at radius 1 is 1.13 bits per heavy atom. The quantitative estimate of drug-likeness (QED) is 0.0338. The van der Waals surface area contributed by atoms with E-state index in [4.69, 9.17) is 19.9 Å². The lowest BCUT2D eigenvalue weighted by Gasteiger charge is -2.16. The van der Waals surface area contributed by atoms with Crippen molar-refractivity contribution in [1.82, 2.24) is 5.32 Å². The molecule has 0 aromatic carbocycles. The molecule has 0 fully saturated rings. The van der Waals surface area contributed by atoms with Crippen molar-refractivity contribution in [3.63, 3.8) is 0 Å². The summed E-state index contributed by atoms with van der Waals surface area (Å²) in [5.41, 5.74) is 5.67. The van der Waals surface area contributed by atoms with Crippen molar-refractivity contribution in [3.8, 4) is 0 Å². The van der Waals surface area contributed by atoms with Crippen LogP contribution >= 0.6 is 0 Å². The average Bonchev–Trinajstić information content (AvgIpc) is 2.71. The zero-order chi connectivity index (χ0) is 23.3. The fourth-order valence-corrected chi connectivity index (χ4v) is 2.21. The fourth-order valence-electron chi connectivity index (χ4n) is 2.21. The Bertz CT molecular complexity index is 572. The monoisotopic (exact) mass is 448 g/mol. The minimum absolute atomic E-state index is 0.0611. The first-order valence-corrected chi connectivity index (χ1v) is 10.1. The van der Waals surface area contributed by atoms with Crippen LogP contribution < -0.4 is 11.1 Å². The molecule has 1 amide bonds. The third-order valence-corrected chi connectivity index (χ3v) is 3.74. The molecule has 0 rings (SSSR count). The highest BCUT2D eigenvalue weighted by molar-refractivity contribution is 5.96.